The summed E-state index contributed by atoms with van der Waals surface area (Å²) in [6.07, 6.45) is -5.53. The Morgan fingerprint density at radius 2 is 1.21 bits per heavy atom. The number of aliphatic hydroxyl groups is 1. The van der Waals surface area contributed by atoms with Gasteiger partial charge in [0, 0.05) is 19.6 Å². The Morgan fingerprint density at radius 3 is 1.68 bits per heavy atom. The van der Waals surface area contributed by atoms with Gasteiger partial charge in [-0.25, -0.2) is 8.78 Å². The molecule has 0 aromatic heterocycles. The van der Waals surface area contributed by atoms with Crippen LogP contribution in [0.4, 0.5) is 46.5 Å². The first-order valence-electron chi connectivity index (χ1n) is 20.2. The summed E-state index contributed by atoms with van der Waals surface area (Å²) >= 11 is 0. The molecule has 3 amide bonds. The number of carbonyl (C=O) groups is 3. The zero-order valence-corrected chi connectivity index (χ0v) is 34.4. The van der Waals surface area contributed by atoms with Gasteiger partial charge in [-0.1, -0.05) is 43.5 Å². The van der Waals surface area contributed by atoms with Crippen molar-refractivity contribution in [1.82, 2.24) is 10.2 Å². The molecule has 0 spiro atoms. The molecule has 7 rings (SSSR count). The van der Waals surface area contributed by atoms with Gasteiger partial charge in [-0.05, 0) is 102 Å². The van der Waals surface area contributed by atoms with Crippen LogP contribution in [0.25, 0.3) is 0 Å². The van der Waals surface area contributed by atoms with Gasteiger partial charge >= 0.3 is 12.4 Å². The molecule has 63 heavy (non-hydrogen) atoms. The van der Waals surface area contributed by atoms with Gasteiger partial charge in [0.1, 0.15) is 28.7 Å². The molecular formula is C45H46F8N4O6. The molecule has 1 aliphatic carbocycles. The van der Waals surface area contributed by atoms with Crippen LogP contribution in [-0.4, -0.2) is 60.6 Å². The van der Waals surface area contributed by atoms with E-state index in [0.29, 0.717) is 79.8 Å². The fourth-order valence-electron chi connectivity index (χ4n) is 8.16. The smallest absolute Gasteiger partial charge is 0.419 e. The third-order valence-electron chi connectivity index (χ3n) is 11.3. The fraction of sp³-hybridized carbons (Fsp3) is 0.400. The number of hydrogen-bond acceptors (Lipinski definition) is 7. The normalized spacial score (nSPS) is 15.8. The SMILES string of the molecule is COc1ccc2c(c1NC(=O)Cc1ccc(C(F)(F)F)c(F)c1)CCN(C(=O)C1(O)CCCCC1)C2.COc1ccc2c(c1NC(=O)Cc1ccc(C(F)(F)F)c(F)c1)CCNC2. The molecule has 0 saturated heterocycles. The predicted octanol–water partition coefficient (Wildman–Crippen LogP) is 8.29. The second kappa shape index (κ2) is 19.3. The van der Waals surface area contributed by atoms with Gasteiger partial charge in [0.05, 0.1) is 49.6 Å². The van der Waals surface area contributed by atoms with Crippen molar-refractivity contribution in [1.29, 1.82) is 0 Å². The Labute approximate surface area is 357 Å². The summed E-state index contributed by atoms with van der Waals surface area (Å²) < 4.78 is 115. The Hall–Kier alpha value is -5.75. The number of anilines is 2. The number of rotatable bonds is 9. The minimum atomic E-state index is -4.82. The van der Waals surface area contributed by atoms with E-state index in [-0.39, 0.29) is 36.4 Å². The molecule has 0 radical (unpaired) electrons. The number of fused-ring (bicyclic) bond motifs is 2. The van der Waals surface area contributed by atoms with Crippen molar-refractivity contribution in [3.8, 4) is 11.5 Å². The predicted molar refractivity (Wildman–Crippen MR) is 216 cm³/mol. The minimum absolute atomic E-state index is 0.0965. The van der Waals surface area contributed by atoms with E-state index < -0.39 is 52.5 Å². The average molecular weight is 891 g/mol. The molecule has 4 aromatic rings. The Kier molecular flexibility index (Phi) is 14.3. The Bertz CT molecular complexity index is 2350. The highest BCUT2D eigenvalue weighted by molar-refractivity contribution is 5.96. The number of carbonyl (C=O) groups excluding carboxylic acids is 3. The molecule has 10 nitrogen and oxygen atoms in total. The monoisotopic (exact) mass is 890 g/mol. The lowest BCUT2D eigenvalue weighted by Gasteiger charge is -2.38. The van der Waals surface area contributed by atoms with Gasteiger partial charge in [0.15, 0.2) is 0 Å². The highest BCUT2D eigenvalue weighted by Crippen LogP contribution is 2.38. The summed E-state index contributed by atoms with van der Waals surface area (Å²) in [4.78, 5) is 39.8. The first-order valence-corrected chi connectivity index (χ1v) is 20.2. The van der Waals surface area contributed by atoms with E-state index in [1.807, 2.05) is 6.07 Å². The highest BCUT2D eigenvalue weighted by Gasteiger charge is 2.41. The number of halogens is 8. The topological polar surface area (TPSA) is 129 Å². The maximum atomic E-state index is 13.9. The van der Waals surface area contributed by atoms with Gasteiger partial charge in [-0.15, -0.1) is 0 Å². The quantitative estimate of drug-likeness (QED) is 0.125. The molecule has 0 unspecified atom stereocenters. The fourth-order valence-corrected chi connectivity index (χ4v) is 8.16. The lowest BCUT2D eigenvalue weighted by atomic mass is 9.83. The van der Waals surface area contributed by atoms with Crippen LogP contribution in [0, 0.1) is 11.6 Å². The van der Waals surface area contributed by atoms with Crippen LogP contribution in [0.15, 0.2) is 60.7 Å². The number of hydrogen-bond donors (Lipinski definition) is 4. The van der Waals surface area contributed by atoms with Crippen molar-refractivity contribution in [2.24, 2.45) is 0 Å². The van der Waals surface area contributed by atoms with Crippen molar-refractivity contribution in [3.05, 3.63) is 117 Å². The van der Waals surface area contributed by atoms with E-state index in [4.69, 9.17) is 9.47 Å². The molecule has 338 valence electrons. The molecule has 18 heteroatoms. The largest absolute Gasteiger partial charge is 0.495 e. The molecule has 0 atom stereocenters. The average Bonchev–Trinajstić information content (AvgIpc) is 3.23. The number of nitrogens with zero attached hydrogens (tertiary/aromatic N) is 1. The Balaban J connectivity index is 0.000000219. The second-order valence-corrected chi connectivity index (χ2v) is 15.6. The number of ether oxygens (including phenoxy) is 2. The minimum Gasteiger partial charge on any atom is -0.495 e. The van der Waals surface area contributed by atoms with E-state index in [9.17, 15) is 54.6 Å². The summed E-state index contributed by atoms with van der Waals surface area (Å²) in [5.41, 5.74) is 0.716. The van der Waals surface area contributed by atoms with Crippen LogP contribution < -0.4 is 25.4 Å². The number of benzene rings is 4. The first kappa shape index (κ1) is 46.7. The maximum Gasteiger partial charge on any atom is 0.419 e. The summed E-state index contributed by atoms with van der Waals surface area (Å²) in [7, 11) is 2.93. The lowest BCUT2D eigenvalue weighted by Crippen LogP contribution is -2.51. The lowest BCUT2D eigenvalue weighted by molar-refractivity contribution is -0.155. The van der Waals surface area contributed by atoms with Crippen molar-refractivity contribution < 1.29 is 64.1 Å². The molecule has 2 heterocycles. The molecule has 4 N–H and O–H groups in total. The maximum absolute atomic E-state index is 13.9. The number of nitrogens with one attached hydrogen (secondary N) is 3. The summed E-state index contributed by atoms with van der Waals surface area (Å²) in [6.45, 7) is 2.06. The summed E-state index contributed by atoms with van der Waals surface area (Å²) in [5.74, 6) is -3.22. The third kappa shape index (κ3) is 11.1. The highest BCUT2D eigenvalue weighted by atomic mass is 19.4. The molecule has 3 aliphatic rings. The zero-order valence-electron chi connectivity index (χ0n) is 34.4. The van der Waals surface area contributed by atoms with Gasteiger partial charge in [-0.3, -0.25) is 14.4 Å². The number of amides is 3. The van der Waals surface area contributed by atoms with E-state index in [1.165, 1.54) is 14.2 Å². The van der Waals surface area contributed by atoms with E-state index in [1.54, 1.807) is 23.1 Å². The first-order chi connectivity index (χ1) is 29.8. The number of methoxy groups -OCH3 is 2. The van der Waals surface area contributed by atoms with Crippen LogP contribution in [0.2, 0.25) is 0 Å². The zero-order chi connectivity index (χ0) is 45.7. The van der Waals surface area contributed by atoms with Gasteiger partial charge in [0.25, 0.3) is 5.91 Å². The van der Waals surface area contributed by atoms with Crippen LogP contribution in [0.1, 0.15) is 76.6 Å². The van der Waals surface area contributed by atoms with Gasteiger partial charge in [0.2, 0.25) is 11.8 Å². The van der Waals surface area contributed by atoms with Crippen molar-refractivity contribution in [2.75, 3.05) is 37.9 Å². The van der Waals surface area contributed by atoms with E-state index >= 15 is 0 Å². The van der Waals surface area contributed by atoms with Gasteiger partial charge in [-0.2, -0.15) is 26.3 Å². The van der Waals surface area contributed by atoms with E-state index in [2.05, 4.69) is 16.0 Å². The summed E-state index contributed by atoms with van der Waals surface area (Å²) in [6, 6.07) is 12.0. The van der Waals surface area contributed by atoms with Crippen molar-refractivity contribution in [2.45, 2.75) is 88.8 Å². The van der Waals surface area contributed by atoms with Crippen LogP contribution in [0.3, 0.4) is 0 Å². The van der Waals surface area contributed by atoms with Crippen LogP contribution >= 0.6 is 0 Å². The van der Waals surface area contributed by atoms with Crippen LogP contribution in [-0.2, 0) is 65.5 Å². The van der Waals surface area contributed by atoms with Crippen molar-refractivity contribution in [3.63, 3.8) is 0 Å². The van der Waals surface area contributed by atoms with Crippen molar-refractivity contribution >= 4 is 29.1 Å². The molecule has 4 aromatic carbocycles. The number of alkyl halides is 6. The standard InChI is InChI=1S/C26H28F4N2O4.C19H18F4N2O2/c1-36-21-8-6-17-15-32(24(34)25(35)10-3-2-4-11-25)12-9-18(17)23(21)31-22(33)14-16-5-7-19(20(27)13-16)26(28,29)30;1-27-16-5-3-12-10-24-7-6-13(12)18(16)25-17(26)9-11-2-4-14(15(20)8-11)19(21,22)23/h5-8,13,35H,2-4,9-12,14-15H2,1H3,(H,31,33);2-5,8,24H,6-7,9-10H2,1H3,(H,25,26). The molecule has 1 saturated carbocycles. The second-order valence-electron chi connectivity index (χ2n) is 15.6. The molecule has 2 aliphatic heterocycles. The Morgan fingerprint density at radius 1 is 0.714 bits per heavy atom. The molecule has 1 fully saturated rings. The third-order valence-corrected chi connectivity index (χ3v) is 11.3. The summed E-state index contributed by atoms with van der Waals surface area (Å²) in [5, 5.41) is 19.6. The molecular weight excluding hydrogens is 845 g/mol. The van der Waals surface area contributed by atoms with Gasteiger partial charge < -0.3 is 35.4 Å². The molecule has 0 bridgehead atoms. The van der Waals surface area contributed by atoms with Crippen LogP contribution in [0.5, 0.6) is 11.5 Å². The van der Waals surface area contributed by atoms with E-state index in [0.717, 1.165) is 66.3 Å².